The maximum atomic E-state index is 11.0. The van der Waals surface area contributed by atoms with Crippen LogP contribution in [0.25, 0.3) is 11.4 Å². The van der Waals surface area contributed by atoms with Crippen LogP contribution in [0.2, 0.25) is 0 Å². The van der Waals surface area contributed by atoms with E-state index in [2.05, 4.69) is 15.1 Å². The summed E-state index contributed by atoms with van der Waals surface area (Å²) in [5, 5.41) is 15.1. The minimum absolute atomic E-state index is 0.0226. The van der Waals surface area contributed by atoms with Gasteiger partial charge in [-0.25, -0.2) is 9.97 Å². The Labute approximate surface area is 103 Å². The van der Waals surface area contributed by atoms with E-state index in [1.54, 1.807) is 17.9 Å². The van der Waals surface area contributed by atoms with E-state index < -0.39 is 5.97 Å². The van der Waals surface area contributed by atoms with E-state index in [-0.39, 0.29) is 5.69 Å². The van der Waals surface area contributed by atoms with Crippen molar-refractivity contribution in [3.05, 3.63) is 28.8 Å². The molecule has 2 heterocycles. The van der Waals surface area contributed by atoms with Gasteiger partial charge in [0.25, 0.3) is 0 Å². The van der Waals surface area contributed by atoms with Crippen LogP contribution < -0.4 is 5.11 Å². The second kappa shape index (κ2) is 3.63. The quantitative estimate of drug-likeness (QED) is 0.683. The zero-order valence-corrected chi connectivity index (χ0v) is 10.1. The first-order chi connectivity index (χ1) is 8.58. The fourth-order valence-electron chi connectivity index (χ4n) is 2.41. The van der Waals surface area contributed by atoms with Gasteiger partial charge in [-0.05, 0) is 25.3 Å². The Morgan fingerprint density at radius 2 is 2.22 bits per heavy atom. The largest absolute Gasteiger partial charge is 0.543 e. The van der Waals surface area contributed by atoms with E-state index in [4.69, 9.17) is 0 Å². The molecular formula is C12H11N4O2-. The van der Waals surface area contributed by atoms with Crippen LogP contribution in [0.5, 0.6) is 0 Å². The Hall–Kier alpha value is -2.24. The average Bonchev–Trinajstić information content (AvgIpc) is 2.67. The van der Waals surface area contributed by atoms with Crippen molar-refractivity contribution in [3.63, 3.8) is 0 Å². The Morgan fingerprint density at radius 1 is 1.44 bits per heavy atom. The van der Waals surface area contributed by atoms with E-state index in [0.717, 1.165) is 23.4 Å². The molecule has 1 aliphatic rings. The van der Waals surface area contributed by atoms with Crippen molar-refractivity contribution in [2.24, 2.45) is 7.05 Å². The number of carboxylic acid groups (broad SMARTS) is 1. The molecule has 0 radical (unpaired) electrons. The molecule has 0 bridgehead atoms. The molecule has 1 aliphatic carbocycles. The number of aryl methyl sites for hydroxylation is 3. The van der Waals surface area contributed by atoms with Gasteiger partial charge in [-0.1, -0.05) is 0 Å². The summed E-state index contributed by atoms with van der Waals surface area (Å²) in [5.74, 6) is -0.570. The first-order valence-corrected chi connectivity index (χ1v) is 5.68. The van der Waals surface area contributed by atoms with Crippen molar-refractivity contribution >= 4 is 5.97 Å². The Kier molecular flexibility index (Phi) is 2.19. The standard InChI is InChI=1S/C12H12N4O2/c1-6-13-5-7-3-4-8-10(12(17)18)15-16(2)11(8)9(7)14-6/h5H,3-4H2,1-2H3,(H,17,18)/p-1. The molecule has 0 unspecified atom stereocenters. The minimum atomic E-state index is -1.24. The third-order valence-electron chi connectivity index (χ3n) is 3.19. The number of hydrogen-bond donors (Lipinski definition) is 0. The predicted molar refractivity (Wildman–Crippen MR) is 60.7 cm³/mol. The van der Waals surface area contributed by atoms with E-state index >= 15 is 0 Å². The van der Waals surface area contributed by atoms with Crippen molar-refractivity contribution in [2.45, 2.75) is 19.8 Å². The molecule has 0 saturated carbocycles. The molecule has 0 fully saturated rings. The van der Waals surface area contributed by atoms with E-state index in [9.17, 15) is 9.90 Å². The third-order valence-corrected chi connectivity index (χ3v) is 3.19. The molecule has 0 amide bonds. The molecule has 0 atom stereocenters. The zero-order valence-electron chi connectivity index (χ0n) is 10.1. The molecule has 0 aromatic carbocycles. The number of aromatic carboxylic acids is 1. The van der Waals surface area contributed by atoms with E-state index in [0.29, 0.717) is 17.8 Å². The SMILES string of the molecule is Cc1ncc2c(n1)-c1c(c(C(=O)[O-])nn1C)CC2. The number of nitrogens with zero attached hydrogens (tertiary/aromatic N) is 4. The smallest absolute Gasteiger partial charge is 0.125 e. The maximum absolute atomic E-state index is 11.0. The summed E-state index contributed by atoms with van der Waals surface area (Å²) >= 11 is 0. The molecule has 92 valence electrons. The summed E-state index contributed by atoms with van der Waals surface area (Å²) in [4.78, 5) is 19.6. The monoisotopic (exact) mass is 243 g/mol. The molecule has 18 heavy (non-hydrogen) atoms. The lowest BCUT2D eigenvalue weighted by Crippen LogP contribution is -2.24. The van der Waals surface area contributed by atoms with Gasteiger partial charge in [0.15, 0.2) is 0 Å². The van der Waals surface area contributed by atoms with Gasteiger partial charge >= 0.3 is 0 Å². The molecule has 0 spiro atoms. The molecule has 0 aliphatic heterocycles. The van der Waals surface area contributed by atoms with Gasteiger partial charge in [0.2, 0.25) is 0 Å². The summed E-state index contributed by atoms with van der Waals surface area (Å²) in [6.07, 6.45) is 3.16. The number of aromatic nitrogens is 4. The first kappa shape index (κ1) is 10.9. The number of hydrogen-bond acceptors (Lipinski definition) is 5. The molecule has 2 aromatic heterocycles. The molecule has 6 nitrogen and oxygen atoms in total. The highest BCUT2D eigenvalue weighted by Crippen LogP contribution is 2.32. The highest BCUT2D eigenvalue weighted by molar-refractivity contribution is 5.88. The van der Waals surface area contributed by atoms with Gasteiger partial charge in [-0.2, -0.15) is 5.10 Å². The summed E-state index contributed by atoms with van der Waals surface area (Å²) in [6.45, 7) is 1.81. The van der Waals surface area contributed by atoms with Crippen molar-refractivity contribution in [1.82, 2.24) is 19.7 Å². The second-order valence-electron chi connectivity index (χ2n) is 4.38. The predicted octanol–water partition coefficient (Wildman–Crippen LogP) is -0.352. The first-order valence-electron chi connectivity index (χ1n) is 5.68. The van der Waals surface area contributed by atoms with E-state index in [1.165, 1.54) is 0 Å². The Bertz CT molecular complexity index is 660. The number of fused-ring (bicyclic) bond motifs is 3. The van der Waals surface area contributed by atoms with Crippen molar-refractivity contribution < 1.29 is 9.90 Å². The maximum Gasteiger partial charge on any atom is 0.125 e. The van der Waals surface area contributed by atoms with E-state index in [1.807, 2.05) is 6.92 Å². The number of carbonyl (C=O) groups is 1. The van der Waals surface area contributed by atoms with Crippen LogP contribution in [0.1, 0.15) is 27.4 Å². The molecule has 0 N–H and O–H groups in total. The second-order valence-corrected chi connectivity index (χ2v) is 4.38. The molecule has 3 rings (SSSR count). The van der Waals surface area contributed by atoms with Crippen LogP contribution in [0, 0.1) is 6.92 Å². The van der Waals surface area contributed by atoms with Crippen LogP contribution in [0.15, 0.2) is 6.20 Å². The molecule has 6 heteroatoms. The molecule has 2 aromatic rings. The van der Waals surface area contributed by atoms with Crippen LogP contribution in [0.3, 0.4) is 0 Å². The van der Waals surface area contributed by atoms with Crippen molar-refractivity contribution in [3.8, 4) is 11.4 Å². The lowest BCUT2D eigenvalue weighted by molar-refractivity contribution is -0.255. The third kappa shape index (κ3) is 1.42. The highest BCUT2D eigenvalue weighted by Gasteiger charge is 2.25. The van der Waals surface area contributed by atoms with Gasteiger partial charge in [-0.15, -0.1) is 0 Å². The van der Waals surface area contributed by atoms with Crippen LogP contribution in [0.4, 0.5) is 0 Å². The Morgan fingerprint density at radius 3 is 2.94 bits per heavy atom. The average molecular weight is 243 g/mol. The van der Waals surface area contributed by atoms with Crippen molar-refractivity contribution in [2.75, 3.05) is 0 Å². The van der Waals surface area contributed by atoms with Crippen LogP contribution >= 0.6 is 0 Å². The summed E-state index contributed by atoms with van der Waals surface area (Å²) in [7, 11) is 1.72. The Balaban J connectivity index is 2.30. The summed E-state index contributed by atoms with van der Waals surface area (Å²) < 4.78 is 1.56. The molecule has 0 saturated heterocycles. The van der Waals surface area contributed by atoms with Gasteiger partial charge < -0.3 is 9.90 Å². The van der Waals surface area contributed by atoms with Crippen LogP contribution in [-0.4, -0.2) is 25.7 Å². The summed E-state index contributed by atoms with van der Waals surface area (Å²) in [5.41, 5.74) is 3.31. The topological polar surface area (TPSA) is 83.7 Å². The zero-order chi connectivity index (χ0) is 12.9. The lowest BCUT2D eigenvalue weighted by Gasteiger charge is -2.16. The van der Waals surface area contributed by atoms with Gasteiger partial charge in [0, 0.05) is 18.8 Å². The molecular weight excluding hydrogens is 232 g/mol. The highest BCUT2D eigenvalue weighted by atomic mass is 16.4. The lowest BCUT2D eigenvalue weighted by atomic mass is 9.93. The number of rotatable bonds is 1. The van der Waals surface area contributed by atoms with Crippen LogP contribution in [-0.2, 0) is 19.9 Å². The number of carboxylic acids is 1. The normalized spacial score (nSPS) is 13.0. The minimum Gasteiger partial charge on any atom is -0.543 e. The summed E-state index contributed by atoms with van der Waals surface area (Å²) in [6, 6.07) is 0. The van der Waals surface area contributed by atoms with Gasteiger partial charge in [0.1, 0.15) is 11.5 Å². The van der Waals surface area contributed by atoms with Crippen molar-refractivity contribution in [1.29, 1.82) is 0 Å². The van der Waals surface area contributed by atoms with Gasteiger partial charge in [0.05, 0.1) is 17.4 Å². The van der Waals surface area contributed by atoms with Gasteiger partial charge in [-0.3, -0.25) is 4.68 Å². The fraction of sp³-hybridized carbons (Fsp3) is 0.333. The fourth-order valence-corrected chi connectivity index (χ4v) is 2.41. The number of carbonyl (C=O) groups excluding carboxylic acids is 1.